The predicted molar refractivity (Wildman–Crippen MR) is 154 cm³/mol. The summed E-state index contributed by atoms with van der Waals surface area (Å²) < 4.78 is 28.2. The smallest absolute Gasteiger partial charge is 0.332 e. The molecular formula is C28H32FN7O5S. The third-order valence-electron chi connectivity index (χ3n) is 7.11. The van der Waals surface area contributed by atoms with E-state index in [-0.39, 0.29) is 31.0 Å². The predicted octanol–water partition coefficient (Wildman–Crippen LogP) is 3.36. The Morgan fingerprint density at radius 3 is 2.52 bits per heavy atom. The van der Waals surface area contributed by atoms with E-state index >= 15 is 0 Å². The summed E-state index contributed by atoms with van der Waals surface area (Å²) in [5.74, 6) is -0.635. The van der Waals surface area contributed by atoms with Gasteiger partial charge in [0.15, 0.2) is 0 Å². The Labute approximate surface area is 245 Å². The van der Waals surface area contributed by atoms with Gasteiger partial charge in [-0.15, -0.1) is 4.80 Å². The lowest BCUT2D eigenvalue weighted by Gasteiger charge is -2.27. The van der Waals surface area contributed by atoms with Gasteiger partial charge in [-0.05, 0) is 45.9 Å². The number of methoxy groups -OCH3 is 1. The third kappa shape index (κ3) is 5.70. The van der Waals surface area contributed by atoms with E-state index in [2.05, 4.69) is 10.2 Å². The highest BCUT2D eigenvalue weighted by Crippen LogP contribution is 2.34. The molecule has 0 N–H and O–H groups in total. The standard InChI is InChI=1S/C28H32FN7O5S/c1-16(2)33(5)24(37)18(4)35-25(38)23-17(3)26(36-31-11-12-32-36)42-27(23)34(28(35)39)15-22(41-13-7-10-30)20-14-19(29)8-9-21(20)40-6/h8-9,11-12,14,16,18,22H,7,13,15H2,1-6H3. The number of aryl methyl sites for hydroxylation is 1. The lowest BCUT2D eigenvalue weighted by Crippen LogP contribution is -2.47. The number of nitriles is 1. The van der Waals surface area contributed by atoms with Crippen molar-refractivity contribution in [3.63, 3.8) is 0 Å². The number of carbonyl (C=O) groups is 1. The number of hydrogen-bond donors (Lipinski definition) is 0. The van der Waals surface area contributed by atoms with Crippen molar-refractivity contribution in [2.75, 3.05) is 20.8 Å². The lowest BCUT2D eigenvalue weighted by molar-refractivity contribution is -0.134. The second-order valence-corrected chi connectivity index (χ2v) is 10.9. The highest BCUT2D eigenvalue weighted by Gasteiger charge is 2.30. The molecule has 42 heavy (non-hydrogen) atoms. The molecule has 14 heteroatoms. The van der Waals surface area contributed by atoms with Crippen LogP contribution in [0.3, 0.4) is 0 Å². The molecular weight excluding hydrogens is 565 g/mol. The van der Waals surface area contributed by atoms with Crippen molar-refractivity contribution in [3.05, 3.63) is 68.4 Å². The van der Waals surface area contributed by atoms with Crippen molar-refractivity contribution in [2.45, 2.75) is 58.8 Å². The second-order valence-electron chi connectivity index (χ2n) is 9.97. The third-order valence-corrected chi connectivity index (χ3v) is 8.39. The van der Waals surface area contributed by atoms with Gasteiger partial charge >= 0.3 is 5.69 Å². The summed E-state index contributed by atoms with van der Waals surface area (Å²) >= 11 is 1.13. The number of thiophene rings is 1. The molecule has 0 saturated carbocycles. The molecule has 0 aliphatic rings. The number of aromatic nitrogens is 5. The van der Waals surface area contributed by atoms with Crippen LogP contribution in [0.4, 0.5) is 4.39 Å². The van der Waals surface area contributed by atoms with Gasteiger partial charge in [-0.1, -0.05) is 11.3 Å². The van der Waals surface area contributed by atoms with Crippen LogP contribution in [-0.4, -0.2) is 61.7 Å². The number of ether oxygens (including phenoxy) is 2. The Morgan fingerprint density at radius 1 is 1.21 bits per heavy atom. The first-order chi connectivity index (χ1) is 20.0. The maximum Gasteiger partial charge on any atom is 0.332 e. The van der Waals surface area contributed by atoms with Gasteiger partial charge in [0.25, 0.3) is 5.56 Å². The van der Waals surface area contributed by atoms with E-state index in [1.807, 2.05) is 19.9 Å². The first kappa shape index (κ1) is 30.6. The molecule has 4 aromatic rings. The van der Waals surface area contributed by atoms with Crippen LogP contribution >= 0.6 is 11.3 Å². The monoisotopic (exact) mass is 597 g/mol. The van der Waals surface area contributed by atoms with E-state index in [9.17, 15) is 18.8 Å². The van der Waals surface area contributed by atoms with Crippen LogP contribution in [0.5, 0.6) is 5.75 Å². The van der Waals surface area contributed by atoms with Gasteiger partial charge in [-0.2, -0.15) is 15.5 Å². The molecule has 12 nitrogen and oxygen atoms in total. The molecule has 0 fully saturated rings. The Hall–Kier alpha value is -4.35. The molecule has 222 valence electrons. The number of benzene rings is 1. The number of carbonyl (C=O) groups excluding carboxylic acids is 1. The highest BCUT2D eigenvalue weighted by molar-refractivity contribution is 7.21. The van der Waals surface area contributed by atoms with Gasteiger partial charge in [-0.3, -0.25) is 14.2 Å². The van der Waals surface area contributed by atoms with Gasteiger partial charge in [0.2, 0.25) is 5.91 Å². The molecule has 2 unspecified atom stereocenters. The average Bonchev–Trinajstić information content (AvgIpc) is 3.61. The number of likely N-dealkylation sites (N-methyl/N-ethyl adjacent to an activating group) is 1. The van der Waals surface area contributed by atoms with Crippen LogP contribution in [0.25, 0.3) is 15.2 Å². The van der Waals surface area contributed by atoms with E-state index in [1.54, 1.807) is 14.0 Å². The van der Waals surface area contributed by atoms with Crippen molar-refractivity contribution < 1.29 is 18.7 Å². The van der Waals surface area contributed by atoms with Crippen LogP contribution < -0.4 is 16.0 Å². The summed E-state index contributed by atoms with van der Waals surface area (Å²) in [4.78, 5) is 44.6. The Bertz CT molecular complexity index is 1750. The maximum absolute atomic E-state index is 14.4. The zero-order valence-corrected chi connectivity index (χ0v) is 25.0. The molecule has 0 aliphatic heterocycles. The first-order valence-corrected chi connectivity index (χ1v) is 14.1. The van der Waals surface area contributed by atoms with Crippen molar-refractivity contribution in [2.24, 2.45) is 0 Å². The summed E-state index contributed by atoms with van der Waals surface area (Å²) in [5.41, 5.74) is -0.516. The summed E-state index contributed by atoms with van der Waals surface area (Å²) in [7, 11) is 3.04. The van der Waals surface area contributed by atoms with Crippen molar-refractivity contribution in [3.8, 4) is 16.8 Å². The number of fused-ring (bicyclic) bond motifs is 1. The summed E-state index contributed by atoms with van der Waals surface area (Å²) in [5, 5.41) is 18.2. The molecule has 0 spiro atoms. The average molecular weight is 598 g/mol. The molecule has 3 aromatic heterocycles. The molecule has 0 radical (unpaired) electrons. The van der Waals surface area contributed by atoms with E-state index in [0.717, 1.165) is 15.9 Å². The number of rotatable bonds is 11. The Balaban J connectivity index is 2.00. The molecule has 2 atom stereocenters. The first-order valence-electron chi connectivity index (χ1n) is 13.3. The fourth-order valence-electron chi connectivity index (χ4n) is 4.64. The van der Waals surface area contributed by atoms with Gasteiger partial charge in [0.05, 0.1) is 50.5 Å². The zero-order chi connectivity index (χ0) is 30.7. The minimum Gasteiger partial charge on any atom is -0.496 e. The van der Waals surface area contributed by atoms with Crippen molar-refractivity contribution >= 4 is 27.5 Å². The molecule has 0 saturated heterocycles. The molecule has 0 aliphatic carbocycles. The van der Waals surface area contributed by atoms with E-state index < -0.39 is 35.1 Å². The minimum absolute atomic E-state index is 0.00162. The van der Waals surface area contributed by atoms with Crippen LogP contribution in [0.2, 0.25) is 0 Å². The molecule has 0 bridgehead atoms. The van der Waals surface area contributed by atoms with Gasteiger partial charge < -0.3 is 14.4 Å². The van der Waals surface area contributed by atoms with Gasteiger partial charge in [-0.25, -0.2) is 13.8 Å². The van der Waals surface area contributed by atoms with E-state index in [4.69, 9.17) is 14.7 Å². The van der Waals surface area contributed by atoms with Gasteiger partial charge in [0, 0.05) is 24.2 Å². The van der Waals surface area contributed by atoms with Crippen LogP contribution in [0, 0.1) is 24.1 Å². The summed E-state index contributed by atoms with van der Waals surface area (Å²) in [6.07, 6.45) is 2.09. The van der Waals surface area contributed by atoms with Crippen LogP contribution in [0.15, 0.2) is 40.2 Å². The number of amides is 1. The van der Waals surface area contributed by atoms with Gasteiger partial charge in [0.1, 0.15) is 33.5 Å². The summed E-state index contributed by atoms with van der Waals surface area (Å²) in [6, 6.07) is 4.65. The molecule has 1 amide bonds. The van der Waals surface area contributed by atoms with Crippen molar-refractivity contribution in [1.29, 1.82) is 5.26 Å². The fourth-order valence-corrected chi connectivity index (χ4v) is 5.86. The summed E-state index contributed by atoms with van der Waals surface area (Å²) in [6.45, 7) is 6.72. The molecule has 4 rings (SSSR count). The Kier molecular flexibility index (Phi) is 9.23. The second kappa shape index (κ2) is 12.7. The van der Waals surface area contributed by atoms with Crippen LogP contribution in [-0.2, 0) is 16.1 Å². The zero-order valence-electron chi connectivity index (χ0n) is 24.2. The topological polar surface area (TPSA) is 137 Å². The lowest BCUT2D eigenvalue weighted by atomic mass is 10.1. The van der Waals surface area contributed by atoms with Crippen molar-refractivity contribution in [1.82, 2.24) is 29.0 Å². The number of hydrogen-bond acceptors (Lipinski definition) is 9. The van der Waals surface area contributed by atoms with E-state index in [0.29, 0.717) is 26.7 Å². The molecule has 1 aromatic carbocycles. The Morgan fingerprint density at radius 2 is 1.90 bits per heavy atom. The SMILES string of the molecule is COc1ccc(F)cc1C(Cn1c(=O)n(C(C)C(=O)N(C)C(C)C)c(=O)c2c(C)c(-n3nccn3)sc21)OCCC#N. The van der Waals surface area contributed by atoms with Crippen LogP contribution in [0.1, 0.15) is 50.5 Å². The minimum atomic E-state index is -1.12. The maximum atomic E-state index is 14.4. The largest absolute Gasteiger partial charge is 0.496 e. The normalized spacial score (nSPS) is 12.8. The number of nitrogens with zero attached hydrogens (tertiary/aromatic N) is 7. The quantitative estimate of drug-likeness (QED) is 0.240. The fraction of sp³-hybridized carbons (Fsp3) is 0.429. The highest BCUT2D eigenvalue weighted by atomic mass is 32.1. The molecule has 3 heterocycles. The van der Waals surface area contributed by atoms with E-state index in [1.165, 1.54) is 58.9 Å². The number of halogens is 1.